The highest BCUT2D eigenvalue weighted by Gasteiger charge is 2.06. The van der Waals surface area contributed by atoms with Gasteiger partial charge in [0.25, 0.3) is 0 Å². The van der Waals surface area contributed by atoms with Crippen molar-refractivity contribution in [2.24, 2.45) is 0 Å². The SMILES string of the molecule is FC1=CCCC(c2ccc(F)cc2)=C1. The fourth-order valence-corrected chi connectivity index (χ4v) is 1.55. The summed E-state index contributed by atoms with van der Waals surface area (Å²) in [4.78, 5) is 0. The van der Waals surface area contributed by atoms with Crippen LogP contribution in [0, 0.1) is 5.82 Å². The molecule has 72 valence electrons. The summed E-state index contributed by atoms with van der Waals surface area (Å²) >= 11 is 0. The van der Waals surface area contributed by atoms with Gasteiger partial charge in [0.1, 0.15) is 11.6 Å². The van der Waals surface area contributed by atoms with Crippen molar-refractivity contribution in [3.63, 3.8) is 0 Å². The standard InChI is InChI=1S/C12H10F2/c13-11-6-4-9(5-7-11)10-2-1-3-12(14)8-10/h3-8H,1-2H2. The highest BCUT2D eigenvalue weighted by atomic mass is 19.1. The molecule has 1 aromatic carbocycles. The van der Waals surface area contributed by atoms with E-state index in [1.165, 1.54) is 18.2 Å². The second kappa shape index (κ2) is 3.74. The molecule has 14 heavy (non-hydrogen) atoms. The zero-order valence-electron chi connectivity index (χ0n) is 7.63. The number of halogens is 2. The predicted octanol–water partition coefficient (Wildman–Crippen LogP) is 3.86. The van der Waals surface area contributed by atoms with E-state index in [1.54, 1.807) is 18.2 Å². The molecule has 2 rings (SSSR count). The average molecular weight is 192 g/mol. The quantitative estimate of drug-likeness (QED) is 0.633. The Labute approximate surface area is 81.6 Å². The van der Waals surface area contributed by atoms with E-state index >= 15 is 0 Å². The summed E-state index contributed by atoms with van der Waals surface area (Å²) in [7, 11) is 0. The molecule has 2 heteroatoms. The third-order valence-corrected chi connectivity index (χ3v) is 2.28. The van der Waals surface area contributed by atoms with Crippen molar-refractivity contribution in [1.82, 2.24) is 0 Å². The van der Waals surface area contributed by atoms with Crippen molar-refractivity contribution in [3.8, 4) is 0 Å². The molecule has 0 amide bonds. The Bertz CT molecular complexity index is 385. The van der Waals surface area contributed by atoms with Gasteiger partial charge in [0.15, 0.2) is 0 Å². The van der Waals surface area contributed by atoms with E-state index in [0.717, 1.165) is 24.0 Å². The Morgan fingerprint density at radius 1 is 1.00 bits per heavy atom. The van der Waals surface area contributed by atoms with Crippen LogP contribution in [0.5, 0.6) is 0 Å². The molecule has 0 aliphatic heterocycles. The smallest absolute Gasteiger partial charge is 0.123 e. The molecule has 0 saturated carbocycles. The molecule has 1 aliphatic carbocycles. The van der Waals surface area contributed by atoms with Crippen LogP contribution in [0.4, 0.5) is 8.78 Å². The van der Waals surface area contributed by atoms with Gasteiger partial charge in [-0.3, -0.25) is 0 Å². The minimum absolute atomic E-state index is 0.199. The monoisotopic (exact) mass is 192 g/mol. The number of allylic oxidation sites excluding steroid dienone is 4. The number of hydrogen-bond acceptors (Lipinski definition) is 0. The molecular formula is C12H10F2. The topological polar surface area (TPSA) is 0 Å². The molecule has 0 fully saturated rings. The van der Waals surface area contributed by atoms with Gasteiger partial charge in [-0.2, -0.15) is 0 Å². The molecule has 0 atom stereocenters. The van der Waals surface area contributed by atoms with Crippen molar-refractivity contribution in [2.45, 2.75) is 12.8 Å². The maximum absolute atomic E-state index is 12.9. The Hall–Kier alpha value is -1.44. The van der Waals surface area contributed by atoms with Crippen LogP contribution in [0.15, 0.2) is 42.2 Å². The minimum Gasteiger partial charge on any atom is -0.207 e. The van der Waals surface area contributed by atoms with Gasteiger partial charge in [-0.1, -0.05) is 12.1 Å². The third kappa shape index (κ3) is 1.90. The van der Waals surface area contributed by atoms with E-state index in [9.17, 15) is 8.78 Å². The molecule has 1 aliphatic rings. The fourth-order valence-electron chi connectivity index (χ4n) is 1.55. The molecular weight excluding hydrogens is 182 g/mol. The maximum atomic E-state index is 12.9. The van der Waals surface area contributed by atoms with E-state index in [0.29, 0.717) is 0 Å². The van der Waals surface area contributed by atoms with Gasteiger partial charge in [-0.05, 0) is 48.3 Å². The second-order valence-electron chi connectivity index (χ2n) is 3.30. The molecule has 0 N–H and O–H groups in total. The first-order valence-electron chi connectivity index (χ1n) is 4.58. The zero-order valence-corrected chi connectivity index (χ0v) is 7.63. The Morgan fingerprint density at radius 3 is 2.36 bits per heavy atom. The van der Waals surface area contributed by atoms with E-state index in [1.807, 2.05) is 0 Å². The first kappa shape index (κ1) is 9.13. The van der Waals surface area contributed by atoms with Crippen molar-refractivity contribution in [2.75, 3.05) is 0 Å². The predicted molar refractivity (Wildman–Crippen MR) is 52.8 cm³/mol. The Balaban J connectivity index is 2.31. The molecule has 0 heterocycles. The van der Waals surface area contributed by atoms with Crippen LogP contribution >= 0.6 is 0 Å². The Morgan fingerprint density at radius 2 is 1.71 bits per heavy atom. The molecule has 1 aromatic rings. The van der Waals surface area contributed by atoms with Gasteiger partial charge >= 0.3 is 0 Å². The maximum Gasteiger partial charge on any atom is 0.123 e. The summed E-state index contributed by atoms with van der Waals surface area (Å²) in [5, 5.41) is 0. The van der Waals surface area contributed by atoms with Crippen LogP contribution in [0.1, 0.15) is 18.4 Å². The molecule has 0 bridgehead atoms. The van der Waals surface area contributed by atoms with Gasteiger partial charge in [0, 0.05) is 0 Å². The lowest BCUT2D eigenvalue weighted by Crippen LogP contribution is -1.90. The first-order chi connectivity index (χ1) is 6.75. The normalized spacial score (nSPS) is 16.1. The average Bonchev–Trinajstić information content (AvgIpc) is 2.19. The fraction of sp³-hybridized carbons (Fsp3) is 0.167. The highest BCUT2D eigenvalue weighted by molar-refractivity contribution is 5.68. The summed E-state index contributed by atoms with van der Waals surface area (Å²) in [6, 6.07) is 6.15. The molecule has 0 unspecified atom stereocenters. The molecule has 0 saturated heterocycles. The van der Waals surface area contributed by atoms with Crippen LogP contribution in [0.2, 0.25) is 0 Å². The lowest BCUT2D eigenvalue weighted by molar-refractivity contribution is 0.627. The van der Waals surface area contributed by atoms with E-state index in [2.05, 4.69) is 0 Å². The van der Waals surface area contributed by atoms with Crippen LogP contribution in [0.25, 0.3) is 5.57 Å². The Kier molecular flexibility index (Phi) is 2.44. The van der Waals surface area contributed by atoms with Crippen molar-refractivity contribution in [3.05, 3.63) is 53.6 Å². The summed E-state index contributed by atoms with van der Waals surface area (Å²) in [5.41, 5.74) is 1.83. The van der Waals surface area contributed by atoms with Gasteiger partial charge in [-0.15, -0.1) is 0 Å². The zero-order chi connectivity index (χ0) is 9.97. The van der Waals surface area contributed by atoms with E-state index in [4.69, 9.17) is 0 Å². The van der Waals surface area contributed by atoms with E-state index in [-0.39, 0.29) is 11.6 Å². The summed E-state index contributed by atoms with van der Waals surface area (Å²) in [6.07, 6.45) is 4.61. The van der Waals surface area contributed by atoms with Gasteiger partial charge in [0.05, 0.1) is 0 Å². The molecule has 0 radical (unpaired) electrons. The lowest BCUT2D eigenvalue weighted by Gasteiger charge is -2.09. The third-order valence-electron chi connectivity index (χ3n) is 2.28. The van der Waals surface area contributed by atoms with Crippen LogP contribution in [-0.4, -0.2) is 0 Å². The number of benzene rings is 1. The number of hydrogen-bond donors (Lipinski definition) is 0. The summed E-state index contributed by atoms with van der Waals surface area (Å²) in [5.74, 6) is -0.461. The van der Waals surface area contributed by atoms with Crippen molar-refractivity contribution < 1.29 is 8.78 Å². The molecule has 0 nitrogen and oxygen atoms in total. The van der Waals surface area contributed by atoms with Crippen molar-refractivity contribution >= 4 is 5.57 Å². The number of rotatable bonds is 1. The molecule has 0 aromatic heterocycles. The van der Waals surface area contributed by atoms with Gasteiger partial charge in [-0.25, -0.2) is 8.78 Å². The molecule has 0 spiro atoms. The van der Waals surface area contributed by atoms with Crippen LogP contribution in [-0.2, 0) is 0 Å². The summed E-state index contributed by atoms with van der Waals surface area (Å²) < 4.78 is 25.5. The largest absolute Gasteiger partial charge is 0.207 e. The van der Waals surface area contributed by atoms with Gasteiger partial charge in [0.2, 0.25) is 0 Å². The highest BCUT2D eigenvalue weighted by Crippen LogP contribution is 2.26. The van der Waals surface area contributed by atoms with Crippen LogP contribution in [0.3, 0.4) is 0 Å². The second-order valence-corrected chi connectivity index (χ2v) is 3.30. The van der Waals surface area contributed by atoms with Crippen molar-refractivity contribution in [1.29, 1.82) is 0 Å². The first-order valence-corrected chi connectivity index (χ1v) is 4.58. The van der Waals surface area contributed by atoms with E-state index < -0.39 is 0 Å². The minimum atomic E-state index is -0.263. The lowest BCUT2D eigenvalue weighted by atomic mass is 9.97. The summed E-state index contributed by atoms with van der Waals surface area (Å²) in [6.45, 7) is 0. The van der Waals surface area contributed by atoms with Gasteiger partial charge < -0.3 is 0 Å². The van der Waals surface area contributed by atoms with Crippen LogP contribution < -0.4 is 0 Å².